The van der Waals surface area contributed by atoms with Crippen LogP contribution in [0.2, 0.25) is 0 Å². The number of alkyl halides is 3. The van der Waals surface area contributed by atoms with Gasteiger partial charge in [-0.25, -0.2) is 0 Å². The molecule has 0 atom stereocenters. The first kappa shape index (κ1) is 12.7. The first-order valence-electron chi connectivity index (χ1n) is 5.25. The maximum absolute atomic E-state index is 12.1. The highest BCUT2D eigenvalue weighted by Crippen LogP contribution is 2.28. The molecule has 2 heterocycles. The van der Waals surface area contributed by atoms with Crippen LogP contribution >= 0.6 is 0 Å². The van der Waals surface area contributed by atoms with Crippen molar-refractivity contribution >= 4 is 11.0 Å². The fourth-order valence-electron chi connectivity index (χ4n) is 1.80. The Labute approximate surface area is 101 Å². The highest BCUT2D eigenvalue weighted by atomic mass is 19.4. The monoisotopic (exact) mass is 259 g/mol. The number of hydrogen-bond donors (Lipinski definition) is 1. The first-order chi connectivity index (χ1) is 8.42. The Kier molecular flexibility index (Phi) is 3.16. The van der Waals surface area contributed by atoms with Crippen LogP contribution in [0.15, 0.2) is 18.5 Å². The molecule has 0 unspecified atom stereocenters. The van der Waals surface area contributed by atoms with E-state index in [1.54, 1.807) is 17.8 Å². The summed E-state index contributed by atoms with van der Waals surface area (Å²) in [6.07, 6.45) is -1.22. The molecule has 2 aromatic rings. The zero-order chi connectivity index (χ0) is 13.3. The third kappa shape index (κ3) is 2.40. The van der Waals surface area contributed by atoms with Crippen LogP contribution in [0.3, 0.4) is 0 Å². The van der Waals surface area contributed by atoms with Gasteiger partial charge in [-0.3, -0.25) is 4.98 Å². The Morgan fingerprint density at radius 2 is 2.17 bits per heavy atom. The average Bonchev–Trinajstić information content (AvgIpc) is 2.63. The van der Waals surface area contributed by atoms with Crippen molar-refractivity contribution < 1.29 is 17.9 Å². The van der Waals surface area contributed by atoms with E-state index in [2.05, 4.69) is 4.98 Å². The van der Waals surface area contributed by atoms with E-state index in [1.807, 2.05) is 0 Å². The number of nitrogens with two attached hydrogens (primary N) is 1. The lowest BCUT2D eigenvalue weighted by Gasteiger charge is -2.10. The maximum Gasteiger partial charge on any atom is 0.422 e. The number of nitrogens with zero attached hydrogens (tertiary/aromatic N) is 2. The van der Waals surface area contributed by atoms with Crippen LogP contribution in [0.5, 0.6) is 5.75 Å². The van der Waals surface area contributed by atoms with Crippen LogP contribution < -0.4 is 10.5 Å². The van der Waals surface area contributed by atoms with Gasteiger partial charge in [-0.05, 0) is 0 Å². The van der Waals surface area contributed by atoms with Crippen LogP contribution in [0.25, 0.3) is 11.0 Å². The van der Waals surface area contributed by atoms with Crippen molar-refractivity contribution in [3.8, 4) is 5.75 Å². The van der Waals surface area contributed by atoms with Gasteiger partial charge in [0.25, 0.3) is 0 Å². The van der Waals surface area contributed by atoms with Gasteiger partial charge in [-0.2, -0.15) is 13.2 Å². The molecule has 98 valence electrons. The van der Waals surface area contributed by atoms with E-state index in [4.69, 9.17) is 10.5 Å². The molecule has 2 aromatic heterocycles. The van der Waals surface area contributed by atoms with E-state index < -0.39 is 12.8 Å². The molecule has 7 heteroatoms. The fourth-order valence-corrected chi connectivity index (χ4v) is 1.80. The molecular formula is C11H12F3N3O. The fraction of sp³-hybridized carbons (Fsp3) is 0.364. The van der Waals surface area contributed by atoms with Crippen molar-refractivity contribution in [1.29, 1.82) is 0 Å². The molecule has 0 saturated heterocycles. The lowest BCUT2D eigenvalue weighted by molar-refractivity contribution is -0.153. The van der Waals surface area contributed by atoms with Gasteiger partial charge in [0.15, 0.2) is 6.61 Å². The zero-order valence-corrected chi connectivity index (χ0v) is 9.66. The number of pyridine rings is 1. The second kappa shape index (κ2) is 4.49. The second-order valence-corrected chi connectivity index (χ2v) is 3.88. The van der Waals surface area contributed by atoms with Gasteiger partial charge in [0.1, 0.15) is 11.3 Å². The van der Waals surface area contributed by atoms with E-state index in [9.17, 15) is 13.2 Å². The molecule has 0 aliphatic heterocycles. The highest BCUT2D eigenvalue weighted by molar-refractivity contribution is 5.85. The minimum absolute atomic E-state index is 0.152. The topological polar surface area (TPSA) is 53.1 Å². The van der Waals surface area contributed by atoms with Crippen molar-refractivity contribution in [3.63, 3.8) is 0 Å². The van der Waals surface area contributed by atoms with Crippen molar-refractivity contribution in [2.24, 2.45) is 12.8 Å². The zero-order valence-electron chi connectivity index (χ0n) is 9.66. The Balaban J connectivity index is 2.42. The lowest BCUT2D eigenvalue weighted by atomic mass is 10.2. The van der Waals surface area contributed by atoms with Gasteiger partial charge in [-0.1, -0.05) is 0 Å². The van der Waals surface area contributed by atoms with Gasteiger partial charge < -0.3 is 15.0 Å². The van der Waals surface area contributed by atoms with Crippen molar-refractivity contribution in [3.05, 3.63) is 24.0 Å². The molecule has 0 aromatic carbocycles. The molecule has 0 radical (unpaired) electrons. The molecule has 2 N–H and O–H groups in total. The van der Waals surface area contributed by atoms with Gasteiger partial charge >= 0.3 is 6.18 Å². The number of hydrogen-bond acceptors (Lipinski definition) is 3. The van der Waals surface area contributed by atoms with Crippen LogP contribution in [0.1, 0.15) is 5.56 Å². The third-order valence-corrected chi connectivity index (χ3v) is 2.50. The average molecular weight is 259 g/mol. The van der Waals surface area contributed by atoms with Gasteiger partial charge in [0.2, 0.25) is 0 Å². The summed E-state index contributed by atoms with van der Waals surface area (Å²) in [5, 5.41) is 0. The summed E-state index contributed by atoms with van der Waals surface area (Å²) in [5.74, 6) is 0.152. The number of ether oxygens (including phenoxy) is 1. The Bertz CT molecular complexity index is 562. The van der Waals surface area contributed by atoms with Crippen molar-refractivity contribution in [2.75, 3.05) is 6.61 Å². The number of aryl methyl sites for hydroxylation is 1. The number of fused-ring (bicyclic) bond motifs is 1. The standard InChI is InChI=1S/C11H12F3N3O/c1-17-5-7(4-15)9-10(17)8(2-3-16-9)18-6-11(12,13)14/h2-3,5H,4,6,15H2,1H3. The SMILES string of the molecule is Cn1cc(CN)c2nccc(OCC(F)(F)F)c21. The molecule has 0 fully saturated rings. The van der Waals surface area contributed by atoms with E-state index in [-0.39, 0.29) is 12.3 Å². The molecule has 0 aliphatic carbocycles. The predicted molar refractivity (Wildman–Crippen MR) is 60.2 cm³/mol. The molecule has 0 saturated carbocycles. The Morgan fingerprint density at radius 3 is 2.78 bits per heavy atom. The summed E-state index contributed by atoms with van der Waals surface area (Å²) >= 11 is 0. The second-order valence-electron chi connectivity index (χ2n) is 3.88. The van der Waals surface area contributed by atoms with E-state index in [0.29, 0.717) is 11.0 Å². The number of halogens is 3. The summed E-state index contributed by atoms with van der Waals surface area (Å²) in [6, 6.07) is 1.41. The van der Waals surface area contributed by atoms with Gasteiger partial charge in [-0.15, -0.1) is 0 Å². The summed E-state index contributed by atoms with van der Waals surface area (Å²) in [4.78, 5) is 4.12. The Hall–Kier alpha value is -1.76. The smallest absolute Gasteiger partial charge is 0.422 e. The molecule has 0 spiro atoms. The summed E-state index contributed by atoms with van der Waals surface area (Å²) < 4.78 is 42.9. The Morgan fingerprint density at radius 1 is 1.44 bits per heavy atom. The predicted octanol–water partition coefficient (Wildman–Crippen LogP) is 1.97. The van der Waals surface area contributed by atoms with Gasteiger partial charge in [0, 0.05) is 37.6 Å². The molecule has 4 nitrogen and oxygen atoms in total. The van der Waals surface area contributed by atoms with Gasteiger partial charge in [0.05, 0.1) is 5.52 Å². The molecular weight excluding hydrogens is 247 g/mol. The largest absolute Gasteiger partial charge is 0.482 e. The van der Waals surface area contributed by atoms with E-state index in [1.165, 1.54) is 12.3 Å². The van der Waals surface area contributed by atoms with E-state index in [0.717, 1.165) is 5.56 Å². The molecule has 0 amide bonds. The minimum Gasteiger partial charge on any atom is -0.482 e. The van der Waals surface area contributed by atoms with Crippen molar-refractivity contribution in [1.82, 2.24) is 9.55 Å². The number of aromatic nitrogens is 2. The minimum atomic E-state index is -4.36. The quantitative estimate of drug-likeness (QED) is 0.916. The highest BCUT2D eigenvalue weighted by Gasteiger charge is 2.29. The van der Waals surface area contributed by atoms with Crippen LogP contribution in [-0.4, -0.2) is 22.3 Å². The molecule has 0 bridgehead atoms. The first-order valence-corrected chi connectivity index (χ1v) is 5.25. The van der Waals surface area contributed by atoms with Crippen molar-refractivity contribution in [2.45, 2.75) is 12.7 Å². The number of rotatable bonds is 3. The van der Waals surface area contributed by atoms with Crippen LogP contribution in [0, 0.1) is 0 Å². The third-order valence-electron chi connectivity index (χ3n) is 2.50. The maximum atomic E-state index is 12.1. The normalized spacial score (nSPS) is 12.1. The summed E-state index contributed by atoms with van der Waals surface area (Å²) in [6.45, 7) is -1.05. The summed E-state index contributed by atoms with van der Waals surface area (Å²) in [5.41, 5.74) is 7.40. The lowest BCUT2D eigenvalue weighted by Crippen LogP contribution is -2.19. The molecule has 18 heavy (non-hydrogen) atoms. The molecule has 0 aliphatic rings. The van der Waals surface area contributed by atoms with E-state index >= 15 is 0 Å². The molecule has 2 rings (SSSR count). The summed E-state index contributed by atoms with van der Waals surface area (Å²) in [7, 11) is 1.71. The van der Waals surface area contributed by atoms with Crippen LogP contribution in [-0.2, 0) is 13.6 Å². The van der Waals surface area contributed by atoms with Crippen LogP contribution in [0.4, 0.5) is 13.2 Å².